The predicted octanol–water partition coefficient (Wildman–Crippen LogP) is 4.95. The van der Waals surface area contributed by atoms with Gasteiger partial charge in [0.25, 0.3) is 0 Å². The summed E-state index contributed by atoms with van der Waals surface area (Å²) in [6.45, 7) is 1.89. The zero-order chi connectivity index (χ0) is 17.5. The second-order valence-electron chi connectivity index (χ2n) is 5.21. The van der Waals surface area contributed by atoms with Crippen LogP contribution in [0, 0.1) is 0 Å². The number of nitrogens with one attached hydrogen (secondary N) is 1. The van der Waals surface area contributed by atoms with Gasteiger partial charge in [-0.15, -0.1) is 22.0 Å². The van der Waals surface area contributed by atoms with E-state index >= 15 is 0 Å². The highest BCUT2D eigenvalue weighted by Crippen LogP contribution is 2.29. The van der Waals surface area contributed by atoms with E-state index < -0.39 is 0 Å². The Kier molecular flexibility index (Phi) is 6.49. The number of benzene rings is 2. The van der Waals surface area contributed by atoms with Crippen LogP contribution in [0.25, 0.3) is 0 Å². The van der Waals surface area contributed by atoms with Crippen LogP contribution in [0.2, 0.25) is 0 Å². The first-order chi connectivity index (χ1) is 12.2. The maximum atomic E-state index is 12.3. The molecule has 0 saturated carbocycles. The standard InChI is InChI=1S/C18H17N3OS3/c1-13(24-15-10-6-3-7-11-15)16(22)19-17-20-21-18(25-17)23-12-14-8-4-2-5-9-14/h2-11,13H,12H2,1H3,(H,19,20,22). The molecule has 0 bridgehead atoms. The van der Waals surface area contributed by atoms with Crippen LogP contribution >= 0.6 is 34.9 Å². The lowest BCUT2D eigenvalue weighted by Gasteiger charge is -2.09. The topological polar surface area (TPSA) is 54.9 Å². The van der Waals surface area contributed by atoms with Crippen LogP contribution in [-0.2, 0) is 10.5 Å². The molecule has 0 aliphatic carbocycles. The second kappa shape index (κ2) is 9.03. The lowest BCUT2D eigenvalue weighted by molar-refractivity contribution is -0.115. The highest BCUT2D eigenvalue weighted by atomic mass is 32.2. The summed E-state index contributed by atoms with van der Waals surface area (Å²) in [6.07, 6.45) is 0. The Morgan fingerprint density at radius 3 is 2.48 bits per heavy atom. The van der Waals surface area contributed by atoms with E-state index in [-0.39, 0.29) is 11.2 Å². The Labute approximate surface area is 159 Å². The SMILES string of the molecule is CC(Sc1ccccc1)C(=O)Nc1nnc(SCc2ccccc2)s1. The number of aromatic nitrogens is 2. The van der Waals surface area contributed by atoms with Gasteiger partial charge in [0.2, 0.25) is 11.0 Å². The summed E-state index contributed by atoms with van der Waals surface area (Å²) in [5.74, 6) is 0.772. The first-order valence-electron chi connectivity index (χ1n) is 7.73. The lowest BCUT2D eigenvalue weighted by atomic mass is 10.2. The monoisotopic (exact) mass is 387 g/mol. The molecule has 0 saturated heterocycles. The molecule has 0 radical (unpaired) electrons. The smallest absolute Gasteiger partial charge is 0.239 e. The van der Waals surface area contributed by atoms with Crippen molar-refractivity contribution in [2.24, 2.45) is 0 Å². The van der Waals surface area contributed by atoms with Crippen molar-refractivity contribution in [3.63, 3.8) is 0 Å². The maximum Gasteiger partial charge on any atom is 0.239 e. The molecular formula is C18H17N3OS3. The Bertz CT molecular complexity index is 809. The summed E-state index contributed by atoms with van der Waals surface area (Å²) in [4.78, 5) is 13.4. The Balaban J connectivity index is 1.51. The van der Waals surface area contributed by atoms with E-state index in [4.69, 9.17) is 0 Å². The maximum absolute atomic E-state index is 12.3. The van der Waals surface area contributed by atoms with Gasteiger partial charge in [-0.1, -0.05) is 71.6 Å². The molecule has 0 fully saturated rings. The van der Waals surface area contributed by atoms with Gasteiger partial charge in [0, 0.05) is 10.6 Å². The van der Waals surface area contributed by atoms with Crippen molar-refractivity contribution in [2.75, 3.05) is 5.32 Å². The van der Waals surface area contributed by atoms with Gasteiger partial charge in [0.05, 0.1) is 5.25 Å². The summed E-state index contributed by atoms with van der Waals surface area (Å²) in [6, 6.07) is 20.1. The van der Waals surface area contributed by atoms with E-state index in [9.17, 15) is 4.79 Å². The fourth-order valence-corrected chi connectivity index (χ4v) is 4.60. The molecule has 25 heavy (non-hydrogen) atoms. The summed E-state index contributed by atoms with van der Waals surface area (Å²) >= 11 is 4.55. The minimum atomic E-state index is -0.202. The van der Waals surface area contributed by atoms with Crippen molar-refractivity contribution < 1.29 is 4.79 Å². The average Bonchev–Trinajstić information content (AvgIpc) is 3.09. The average molecular weight is 388 g/mol. The van der Waals surface area contributed by atoms with Gasteiger partial charge in [0.15, 0.2) is 4.34 Å². The predicted molar refractivity (Wildman–Crippen MR) is 106 cm³/mol. The van der Waals surface area contributed by atoms with Crippen LogP contribution in [0.3, 0.4) is 0 Å². The van der Waals surface area contributed by atoms with Crippen LogP contribution in [0.1, 0.15) is 12.5 Å². The molecule has 1 unspecified atom stereocenters. The van der Waals surface area contributed by atoms with Gasteiger partial charge in [-0.3, -0.25) is 10.1 Å². The zero-order valence-electron chi connectivity index (χ0n) is 13.6. The third-order valence-electron chi connectivity index (χ3n) is 3.27. The molecule has 2 aromatic carbocycles. The van der Waals surface area contributed by atoms with Crippen LogP contribution in [0.15, 0.2) is 69.9 Å². The molecular weight excluding hydrogens is 370 g/mol. The van der Waals surface area contributed by atoms with E-state index in [1.807, 2.05) is 55.5 Å². The van der Waals surface area contributed by atoms with Crippen molar-refractivity contribution in [1.29, 1.82) is 0 Å². The number of amides is 1. The molecule has 1 heterocycles. The van der Waals surface area contributed by atoms with E-state index in [1.165, 1.54) is 28.7 Å². The van der Waals surface area contributed by atoms with Crippen LogP contribution in [0.5, 0.6) is 0 Å². The molecule has 3 aromatic rings. The van der Waals surface area contributed by atoms with Gasteiger partial charge >= 0.3 is 0 Å². The lowest BCUT2D eigenvalue weighted by Crippen LogP contribution is -2.22. The van der Waals surface area contributed by atoms with Crippen LogP contribution in [0.4, 0.5) is 5.13 Å². The normalized spacial score (nSPS) is 11.9. The van der Waals surface area contributed by atoms with Gasteiger partial charge in [-0.05, 0) is 24.6 Å². The van der Waals surface area contributed by atoms with Gasteiger partial charge in [-0.25, -0.2) is 0 Å². The Morgan fingerprint density at radius 2 is 1.76 bits per heavy atom. The largest absolute Gasteiger partial charge is 0.300 e. The third kappa shape index (κ3) is 5.59. The number of carbonyl (C=O) groups is 1. The number of nitrogens with zero attached hydrogens (tertiary/aromatic N) is 2. The molecule has 3 rings (SSSR count). The molecule has 4 nitrogen and oxygen atoms in total. The molecule has 7 heteroatoms. The van der Waals surface area contributed by atoms with Gasteiger partial charge in [0.1, 0.15) is 0 Å². The molecule has 0 spiro atoms. The molecule has 0 aliphatic rings. The van der Waals surface area contributed by atoms with Crippen molar-refractivity contribution in [1.82, 2.24) is 10.2 Å². The summed E-state index contributed by atoms with van der Waals surface area (Å²) in [5, 5.41) is 11.4. The number of hydrogen-bond acceptors (Lipinski definition) is 6. The Hall–Kier alpha value is -1.83. The minimum Gasteiger partial charge on any atom is -0.300 e. The van der Waals surface area contributed by atoms with Gasteiger partial charge in [-0.2, -0.15) is 0 Å². The van der Waals surface area contributed by atoms with E-state index in [2.05, 4.69) is 27.6 Å². The van der Waals surface area contributed by atoms with Gasteiger partial charge < -0.3 is 0 Å². The highest BCUT2D eigenvalue weighted by Gasteiger charge is 2.16. The third-order valence-corrected chi connectivity index (χ3v) is 6.42. The molecule has 1 amide bonds. The molecule has 1 atom stereocenters. The zero-order valence-corrected chi connectivity index (χ0v) is 16.0. The van der Waals surface area contributed by atoms with E-state index in [0.29, 0.717) is 5.13 Å². The van der Waals surface area contributed by atoms with Crippen LogP contribution < -0.4 is 5.32 Å². The summed E-state index contributed by atoms with van der Waals surface area (Å²) < 4.78 is 0.850. The van der Waals surface area contributed by atoms with Crippen LogP contribution in [-0.4, -0.2) is 21.4 Å². The number of anilines is 1. The highest BCUT2D eigenvalue weighted by molar-refractivity contribution is 8.00. The number of rotatable bonds is 7. The fraction of sp³-hybridized carbons (Fsp3) is 0.167. The van der Waals surface area contributed by atoms with E-state index in [1.54, 1.807) is 11.8 Å². The summed E-state index contributed by atoms with van der Waals surface area (Å²) in [7, 11) is 0. The molecule has 1 aromatic heterocycles. The first kappa shape index (κ1) is 18.0. The van der Waals surface area contributed by atoms with Crippen molar-refractivity contribution in [2.45, 2.75) is 27.2 Å². The molecule has 1 N–H and O–H groups in total. The number of carbonyl (C=O) groups excluding carboxylic acids is 1. The summed E-state index contributed by atoms with van der Waals surface area (Å²) in [5.41, 5.74) is 1.24. The first-order valence-corrected chi connectivity index (χ1v) is 10.4. The van der Waals surface area contributed by atoms with Crippen molar-refractivity contribution in [3.05, 3.63) is 66.2 Å². The second-order valence-corrected chi connectivity index (χ2v) is 8.82. The minimum absolute atomic E-state index is 0.0652. The van der Waals surface area contributed by atoms with Crippen molar-refractivity contribution in [3.8, 4) is 0 Å². The fourth-order valence-electron chi connectivity index (χ4n) is 2.00. The number of thioether (sulfide) groups is 2. The quantitative estimate of drug-likeness (QED) is 0.459. The Morgan fingerprint density at radius 1 is 1.08 bits per heavy atom. The van der Waals surface area contributed by atoms with Crippen molar-refractivity contribution >= 4 is 45.9 Å². The molecule has 128 valence electrons. The number of hydrogen-bond donors (Lipinski definition) is 1. The van der Waals surface area contributed by atoms with E-state index in [0.717, 1.165) is 15.0 Å². The molecule has 0 aliphatic heterocycles.